The third-order valence-electron chi connectivity index (χ3n) is 2.40. The Hall–Kier alpha value is -1.94. The van der Waals surface area contributed by atoms with Gasteiger partial charge in [0.25, 0.3) is 0 Å². The molecule has 0 aromatic carbocycles. The second-order valence-corrected chi connectivity index (χ2v) is 4.10. The minimum absolute atomic E-state index is 0.587. The Kier molecular flexibility index (Phi) is 3.35. The molecule has 0 saturated carbocycles. The van der Waals surface area contributed by atoms with Crippen molar-refractivity contribution in [1.82, 2.24) is 15.3 Å². The summed E-state index contributed by atoms with van der Waals surface area (Å²) in [7, 11) is 0. The third-order valence-corrected chi connectivity index (χ3v) is 2.40. The lowest BCUT2D eigenvalue weighted by atomic mass is 10.3. The lowest BCUT2D eigenvalue weighted by Crippen LogP contribution is -2.03. The maximum atomic E-state index is 4.42. The average Bonchev–Trinajstić information content (AvgIpc) is 2.73. The van der Waals surface area contributed by atoms with E-state index in [1.165, 1.54) is 5.56 Å². The highest BCUT2D eigenvalue weighted by Gasteiger charge is 2.12. The van der Waals surface area contributed by atoms with Gasteiger partial charge < -0.3 is 10.6 Å². The number of fused-ring (bicyclic) bond motifs is 1. The molecule has 2 heterocycles. The van der Waals surface area contributed by atoms with Gasteiger partial charge in [0.15, 0.2) is 0 Å². The van der Waals surface area contributed by atoms with E-state index >= 15 is 0 Å². The molecule has 1 aliphatic heterocycles. The first-order valence-corrected chi connectivity index (χ1v) is 5.50. The maximum absolute atomic E-state index is 4.42. The van der Waals surface area contributed by atoms with Gasteiger partial charge in [-0.15, -0.1) is 0 Å². The van der Waals surface area contributed by atoms with Crippen LogP contribution >= 0.6 is 0 Å². The van der Waals surface area contributed by atoms with Crippen LogP contribution in [0.25, 0.3) is 0 Å². The summed E-state index contributed by atoms with van der Waals surface area (Å²) >= 11 is 0. The van der Waals surface area contributed by atoms with Gasteiger partial charge in [0.05, 0.1) is 5.69 Å². The molecule has 88 valence electrons. The summed E-state index contributed by atoms with van der Waals surface area (Å²) in [5.41, 5.74) is 3.95. The Morgan fingerprint density at radius 3 is 3.00 bits per heavy atom. The topological polar surface area (TPSA) is 49.8 Å². The first kappa shape index (κ1) is 11.5. The minimum atomic E-state index is 0.587. The molecule has 0 radical (unpaired) electrons. The molecule has 1 aliphatic rings. The summed E-state index contributed by atoms with van der Waals surface area (Å²) in [6.07, 6.45) is 5.60. The van der Waals surface area contributed by atoms with Gasteiger partial charge in [-0.05, 0) is 13.0 Å². The van der Waals surface area contributed by atoms with Crippen molar-refractivity contribution in [2.45, 2.75) is 20.0 Å². The van der Waals surface area contributed by atoms with Crippen molar-refractivity contribution in [1.29, 1.82) is 0 Å². The van der Waals surface area contributed by atoms with Crippen molar-refractivity contribution in [3.8, 4) is 0 Å². The van der Waals surface area contributed by atoms with Gasteiger partial charge in [-0.2, -0.15) is 0 Å². The molecule has 17 heavy (non-hydrogen) atoms. The van der Waals surface area contributed by atoms with Gasteiger partial charge in [0.1, 0.15) is 0 Å². The number of anilines is 1. The summed E-state index contributed by atoms with van der Waals surface area (Å²) in [6, 6.07) is 0. The zero-order valence-electron chi connectivity index (χ0n) is 9.95. The summed E-state index contributed by atoms with van der Waals surface area (Å²) in [5.74, 6) is 0.587. The Bertz CT molecular complexity index is 488. The van der Waals surface area contributed by atoms with Crippen molar-refractivity contribution in [2.75, 3.05) is 5.32 Å². The van der Waals surface area contributed by atoms with Crippen molar-refractivity contribution >= 4 is 5.95 Å². The monoisotopic (exact) mass is 228 g/mol. The molecular weight excluding hydrogens is 212 g/mol. The van der Waals surface area contributed by atoms with Crippen LogP contribution in [0.3, 0.4) is 0 Å². The van der Waals surface area contributed by atoms with Crippen LogP contribution in [0.2, 0.25) is 0 Å². The van der Waals surface area contributed by atoms with E-state index in [1.807, 2.05) is 25.3 Å². The highest BCUT2D eigenvalue weighted by molar-refractivity contribution is 5.41. The van der Waals surface area contributed by atoms with E-state index in [4.69, 9.17) is 0 Å². The van der Waals surface area contributed by atoms with E-state index in [1.54, 1.807) is 0 Å². The zero-order valence-corrected chi connectivity index (χ0v) is 9.95. The summed E-state index contributed by atoms with van der Waals surface area (Å²) in [6.45, 7) is 11.3. The van der Waals surface area contributed by atoms with Crippen LogP contribution < -0.4 is 10.6 Å². The van der Waals surface area contributed by atoms with E-state index in [0.29, 0.717) is 5.95 Å². The number of aromatic nitrogens is 2. The van der Waals surface area contributed by atoms with E-state index < -0.39 is 0 Å². The Morgan fingerprint density at radius 2 is 2.24 bits per heavy atom. The van der Waals surface area contributed by atoms with Crippen LogP contribution in [-0.2, 0) is 13.1 Å². The van der Waals surface area contributed by atoms with Gasteiger partial charge in [0.2, 0.25) is 5.95 Å². The Morgan fingerprint density at radius 1 is 1.41 bits per heavy atom. The molecule has 0 atom stereocenters. The first-order chi connectivity index (χ1) is 8.15. The molecule has 4 heteroatoms. The molecule has 0 saturated heterocycles. The number of rotatable bonds is 4. The molecular formula is C13H16N4. The largest absolute Gasteiger partial charge is 0.325 e. The quantitative estimate of drug-likeness (QED) is 0.775. The van der Waals surface area contributed by atoms with Gasteiger partial charge in [-0.1, -0.05) is 24.8 Å². The fourth-order valence-corrected chi connectivity index (χ4v) is 1.55. The number of allylic oxidation sites excluding steroid dienone is 3. The molecule has 0 aliphatic carbocycles. The van der Waals surface area contributed by atoms with Gasteiger partial charge in [0, 0.05) is 30.5 Å². The fourth-order valence-electron chi connectivity index (χ4n) is 1.55. The van der Waals surface area contributed by atoms with Crippen LogP contribution in [0, 0.1) is 0 Å². The lowest BCUT2D eigenvalue weighted by Gasteiger charge is -2.05. The zero-order chi connectivity index (χ0) is 12.3. The van der Waals surface area contributed by atoms with E-state index in [2.05, 4.69) is 33.8 Å². The van der Waals surface area contributed by atoms with E-state index in [9.17, 15) is 0 Å². The molecule has 2 rings (SSSR count). The Balaban J connectivity index is 2.04. The SMILES string of the molecule is C=C(C)/C=C\C(=C)Nc1ncc2c(n1)CNC2. The molecule has 0 amide bonds. The van der Waals surface area contributed by atoms with Gasteiger partial charge >= 0.3 is 0 Å². The smallest absolute Gasteiger partial charge is 0.227 e. The lowest BCUT2D eigenvalue weighted by molar-refractivity contribution is 0.758. The van der Waals surface area contributed by atoms with Crippen LogP contribution in [0.15, 0.2) is 42.8 Å². The molecule has 0 fully saturated rings. The molecule has 0 unspecified atom stereocenters. The Labute approximate surface area is 101 Å². The molecule has 1 aromatic rings. The minimum Gasteiger partial charge on any atom is -0.325 e. The predicted octanol–water partition coefficient (Wildman–Crippen LogP) is 2.14. The molecule has 2 N–H and O–H groups in total. The number of nitrogens with zero attached hydrogens (tertiary/aromatic N) is 2. The standard InChI is InChI=1S/C13H16N4/c1-9(2)4-5-10(3)16-13-15-7-11-6-14-8-12(11)17-13/h4-5,7,14H,1,3,6,8H2,2H3,(H,15,16,17)/b5-4-. The highest BCUT2D eigenvalue weighted by Crippen LogP contribution is 2.14. The van der Waals surface area contributed by atoms with Crippen molar-refractivity contribution in [3.05, 3.63) is 54.0 Å². The molecule has 0 spiro atoms. The second kappa shape index (κ2) is 4.93. The van der Waals surface area contributed by atoms with Crippen LogP contribution in [0.1, 0.15) is 18.2 Å². The predicted molar refractivity (Wildman–Crippen MR) is 69.3 cm³/mol. The molecule has 0 bridgehead atoms. The first-order valence-electron chi connectivity index (χ1n) is 5.50. The third kappa shape index (κ3) is 3.01. The summed E-state index contributed by atoms with van der Waals surface area (Å²) < 4.78 is 0. The number of hydrogen-bond acceptors (Lipinski definition) is 4. The molecule has 1 aromatic heterocycles. The number of hydrogen-bond donors (Lipinski definition) is 2. The van der Waals surface area contributed by atoms with E-state index in [0.717, 1.165) is 30.1 Å². The van der Waals surface area contributed by atoms with Gasteiger partial charge in [-0.25, -0.2) is 9.97 Å². The molecule has 4 nitrogen and oxygen atoms in total. The fraction of sp³-hybridized carbons (Fsp3) is 0.231. The van der Waals surface area contributed by atoms with Crippen LogP contribution in [0.5, 0.6) is 0 Å². The van der Waals surface area contributed by atoms with Crippen molar-refractivity contribution in [2.24, 2.45) is 0 Å². The van der Waals surface area contributed by atoms with Crippen LogP contribution in [-0.4, -0.2) is 9.97 Å². The average molecular weight is 228 g/mol. The second-order valence-electron chi connectivity index (χ2n) is 4.10. The highest BCUT2D eigenvalue weighted by atomic mass is 15.1. The summed E-state index contributed by atoms with van der Waals surface area (Å²) in [4.78, 5) is 8.66. The van der Waals surface area contributed by atoms with Gasteiger partial charge in [-0.3, -0.25) is 0 Å². The van der Waals surface area contributed by atoms with Crippen molar-refractivity contribution < 1.29 is 0 Å². The summed E-state index contributed by atoms with van der Waals surface area (Å²) in [5, 5.41) is 6.28. The van der Waals surface area contributed by atoms with Crippen molar-refractivity contribution in [3.63, 3.8) is 0 Å². The number of nitrogens with one attached hydrogen (secondary N) is 2. The van der Waals surface area contributed by atoms with Crippen LogP contribution in [0.4, 0.5) is 5.95 Å². The maximum Gasteiger partial charge on any atom is 0.227 e. The normalized spacial score (nSPS) is 13.7. The van der Waals surface area contributed by atoms with E-state index in [-0.39, 0.29) is 0 Å².